The summed E-state index contributed by atoms with van der Waals surface area (Å²) in [6.07, 6.45) is 1.76. The zero-order valence-corrected chi connectivity index (χ0v) is 16.1. The Morgan fingerprint density at radius 1 is 1.19 bits per heavy atom. The minimum absolute atomic E-state index is 0.167. The van der Waals surface area contributed by atoms with Crippen molar-refractivity contribution in [1.29, 1.82) is 0 Å². The summed E-state index contributed by atoms with van der Waals surface area (Å²) in [4.78, 5) is 32.8. The van der Waals surface area contributed by atoms with Gasteiger partial charge in [0, 0.05) is 50.0 Å². The van der Waals surface area contributed by atoms with Gasteiger partial charge in [-0.1, -0.05) is 0 Å². The second-order valence-corrected chi connectivity index (χ2v) is 6.80. The number of ether oxygens (including phenoxy) is 1. The number of pyridine rings is 1. The van der Waals surface area contributed by atoms with Gasteiger partial charge in [0.2, 0.25) is 0 Å². The molecule has 0 unspecified atom stereocenters. The summed E-state index contributed by atoms with van der Waals surface area (Å²) in [5.74, 6) is 0.728. The van der Waals surface area contributed by atoms with Gasteiger partial charge >= 0.3 is 0 Å². The molecule has 1 amide bonds. The average molecular weight is 422 g/mol. The maximum absolute atomic E-state index is 12.7. The summed E-state index contributed by atoms with van der Waals surface area (Å²) in [5.41, 5.74) is 0.0284. The molecule has 0 spiro atoms. The first-order chi connectivity index (χ1) is 12.6. The molecule has 2 aromatic rings. The minimum atomic E-state index is -0.246. The number of amides is 1. The number of carbonyl (C=O) groups excluding carboxylic acids is 1. The molecular formula is C17H20BrN5O3. The van der Waals surface area contributed by atoms with Gasteiger partial charge in [0.15, 0.2) is 0 Å². The number of aromatic nitrogens is 3. The van der Waals surface area contributed by atoms with Crippen molar-refractivity contribution in [2.75, 3.05) is 44.8 Å². The lowest BCUT2D eigenvalue weighted by Crippen LogP contribution is -2.49. The molecule has 2 aromatic heterocycles. The minimum Gasteiger partial charge on any atom is -0.383 e. The van der Waals surface area contributed by atoms with E-state index in [4.69, 9.17) is 4.74 Å². The lowest BCUT2D eigenvalue weighted by molar-refractivity contribution is 0.0736. The fraction of sp³-hybridized carbons (Fsp3) is 0.412. The van der Waals surface area contributed by atoms with Crippen molar-refractivity contribution in [2.45, 2.75) is 6.54 Å². The summed E-state index contributed by atoms with van der Waals surface area (Å²) in [5, 5.41) is 4.17. The molecule has 1 fully saturated rings. The van der Waals surface area contributed by atoms with Crippen LogP contribution in [0.15, 0.2) is 39.7 Å². The highest BCUT2D eigenvalue weighted by Gasteiger charge is 2.24. The number of piperazine rings is 1. The number of rotatable bonds is 5. The third kappa shape index (κ3) is 4.28. The van der Waals surface area contributed by atoms with Crippen molar-refractivity contribution in [2.24, 2.45) is 0 Å². The Kier molecular flexibility index (Phi) is 6.00. The molecular weight excluding hydrogens is 402 g/mol. The molecule has 138 valence electrons. The number of carbonyl (C=O) groups is 1. The fourth-order valence-corrected chi connectivity index (χ4v) is 2.99. The van der Waals surface area contributed by atoms with Gasteiger partial charge in [-0.2, -0.15) is 5.10 Å². The van der Waals surface area contributed by atoms with E-state index in [9.17, 15) is 9.59 Å². The molecule has 1 aliphatic rings. The Labute approximate surface area is 159 Å². The van der Waals surface area contributed by atoms with E-state index in [1.165, 1.54) is 16.8 Å². The van der Waals surface area contributed by atoms with Crippen LogP contribution in [0.1, 0.15) is 10.5 Å². The third-order valence-electron chi connectivity index (χ3n) is 4.20. The quantitative estimate of drug-likeness (QED) is 0.716. The standard InChI is InChI=1S/C17H20BrN5O3/c1-26-11-10-23-16(24)5-3-14(20-23)17(25)22-8-6-21(7-9-22)15-4-2-13(18)12-19-15/h2-5,12H,6-11H2,1H3. The van der Waals surface area contributed by atoms with E-state index in [0.29, 0.717) is 39.3 Å². The van der Waals surface area contributed by atoms with Gasteiger partial charge in [0.25, 0.3) is 11.5 Å². The average Bonchev–Trinajstić information content (AvgIpc) is 2.67. The van der Waals surface area contributed by atoms with Crippen molar-refractivity contribution < 1.29 is 9.53 Å². The van der Waals surface area contributed by atoms with Crippen molar-refractivity contribution in [3.63, 3.8) is 0 Å². The molecule has 26 heavy (non-hydrogen) atoms. The van der Waals surface area contributed by atoms with Crippen LogP contribution in [0.25, 0.3) is 0 Å². The van der Waals surface area contributed by atoms with Crippen LogP contribution in [-0.2, 0) is 11.3 Å². The summed E-state index contributed by atoms with van der Waals surface area (Å²) >= 11 is 3.38. The number of hydrogen-bond donors (Lipinski definition) is 0. The Morgan fingerprint density at radius 3 is 2.62 bits per heavy atom. The molecule has 3 rings (SSSR count). The van der Waals surface area contributed by atoms with E-state index < -0.39 is 0 Å². The zero-order valence-electron chi connectivity index (χ0n) is 14.5. The van der Waals surface area contributed by atoms with Crippen LogP contribution in [0.3, 0.4) is 0 Å². The summed E-state index contributed by atoms with van der Waals surface area (Å²) in [6.45, 7) is 3.24. The number of nitrogens with zero attached hydrogens (tertiary/aromatic N) is 5. The summed E-state index contributed by atoms with van der Waals surface area (Å²) in [7, 11) is 1.56. The number of halogens is 1. The first kappa shape index (κ1) is 18.5. The first-order valence-corrected chi connectivity index (χ1v) is 9.10. The van der Waals surface area contributed by atoms with Gasteiger partial charge in [-0.25, -0.2) is 9.67 Å². The lowest BCUT2D eigenvalue weighted by Gasteiger charge is -2.35. The number of hydrogen-bond acceptors (Lipinski definition) is 6. The maximum atomic E-state index is 12.7. The van der Waals surface area contributed by atoms with Gasteiger partial charge in [-0.15, -0.1) is 0 Å². The van der Waals surface area contributed by atoms with Crippen molar-refractivity contribution in [3.8, 4) is 0 Å². The second kappa shape index (κ2) is 8.41. The summed E-state index contributed by atoms with van der Waals surface area (Å²) < 4.78 is 7.17. The molecule has 0 N–H and O–H groups in total. The van der Waals surface area contributed by atoms with Gasteiger partial charge in [-0.3, -0.25) is 9.59 Å². The molecule has 3 heterocycles. The van der Waals surface area contributed by atoms with Gasteiger partial charge in [-0.05, 0) is 34.1 Å². The Morgan fingerprint density at radius 2 is 1.96 bits per heavy atom. The van der Waals surface area contributed by atoms with Crippen LogP contribution in [0, 0.1) is 0 Å². The van der Waals surface area contributed by atoms with Crippen molar-refractivity contribution in [1.82, 2.24) is 19.7 Å². The molecule has 9 heteroatoms. The molecule has 0 aromatic carbocycles. The highest BCUT2D eigenvalue weighted by molar-refractivity contribution is 9.10. The zero-order chi connectivity index (χ0) is 18.5. The van der Waals surface area contributed by atoms with Crippen LogP contribution in [-0.4, -0.2) is 65.5 Å². The van der Waals surface area contributed by atoms with Crippen LogP contribution >= 0.6 is 15.9 Å². The maximum Gasteiger partial charge on any atom is 0.274 e. The van der Waals surface area contributed by atoms with Crippen LogP contribution in [0.2, 0.25) is 0 Å². The highest BCUT2D eigenvalue weighted by atomic mass is 79.9. The van der Waals surface area contributed by atoms with Crippen molar-refractivity contribution >= 4 is 27.7 Å². The molecule has 0 bridgehead atoms. The van der Waals surface area contributed by atoms with Crippen LogP contribution < -0.4 is 10.5 Å². The Bertz CT molecular complexity index is 816. The number of anilines is 1. The first-order valence-electron chi connectivity index (χ1n) is 8.31. The van der Waals surface area contributed by atoms with E-state index in [-0.39, 0.29) is 17.2 Å². The predicted octanol–water partition coefficient (Wildman–Crippen LogP) is 1.01. The van der Waals surface area contributed by atoms with Gasteiger partial charge in [0.1, 0.15) is 11.5 Å². The van der Waals surface area contributed by atoms with Crippen LogP contribution in [0.4, 0.5) is 5.82 Å². The predicted molar refractivity (Wildman–Crippen MR) is 100 cm³/mol. The van der Waals surface area contributed by atoms with E-state index in [1.54, 1.807) is 18.2 Å². The topological polar surface area (TPSA) is 80.6 Å². The third-order valence-corrected chi connectivity index (χ3v) is 4.66. The Hall–Kier alpha value is -2.26. The van der Waals surface area contributed by atoms with E-state index in [2.05, 4.69) is 30.9 Å². The molecule has 0 atom stereocenters. The molecule has 8 nitrogen and oxygen atoms in total. The largest absolute Gasteiger partial charge is 0.383 e. The van der Waals surface area contributed by atoms with Gasteiger partial charge in [0.05, 0.1) is 13.2 Å². The smallest absolute Gasteiger partial charge is 0.274 e. The monoisotopic (exact) mass is 421 g/mol. The van der Waals surface area contributed by atoms with Crippen LogP contribution in [0.5, 0.6) is 0 Å². The molecule has 0 saturated carbocycles. The Balaban J connectivity index is 1.65. The molecule has 1 aliphatic heterocycles. The molecule has 0 radical (unpaired) electrons. The van der Waals surface area contributed by atoms with E-state index in [0.717, 1.165) is 10.3 Å². The second-order valence-electron chi connectivity index (χ2n) is 5.89. The SMILES string of the molecule is COCCn1nc(C(=O)N2CCN(c3ccc(Br)cn3)CC2)ccc1=O. The normalized spacial score (nSPS) is 14.5. The number of methoxy groups -OCH3 is 1. The molecule has 1 saturated heterocycles. The van der Waals surface area contributed by atoms with E-state index in [1.807, 2.05) is 12.1 Å². The molecule has 0 aliphatic carbocycles. The van der Waals surface area contributed by atoms with Gasteiger partial charge < -0.3 is 14.5 Å². The van der Waals surface area contributed by atoms with E-state index >= 15 is 0 Å². The summed E-state index contributed by atoms with van der Waals surface area (Å²) in [6, 6.07) is 6.76. The fourth-order valence-electron chi connectivity index (χ4n) is 2.76. The highest BCUT2D eigenvalue weighted by Crippen LogP contribution is 2.17. The van der Waals surface area contributed by atoms with Crippen molar-refractivity contribution in [3.05, 3.63) is 51.0 Å². The lowest BCUT2D eigenvalue weighted by atomic mass is 10.2.